The minimum Gasteiger partial charge on any atom is -0.310 e. The van der Waals surface area contributed by atoms with Gasteiger partial charge in [-0.25, -0.2) is 12.7 Å². The summed E-state index contributed by atoms with van der Waals surface area (Å²) in [5.41, 5.74) is 2.19. The second kappa shape index (κ2) is 6.65. The maximum Gasteiger partial charge on any atom is 0.213 e. The molecule has 0 aliphatic carbocycles. The molecule has 1 fully saturated rings. The van der Waals surface area contributed by atoms with Gasteiger partial charge in [0.2, 0.25) is 10.0 Å². The highest BCUT2D eigenvalue weighted by atomic mass is 32.2. The van der Waals surface area contributed by atoms with Crippen molar-refractivity contribution >= 4 is 10.0 Å². The second-order valence-electron chi connectivity index (χ2n) is 5.26. The summed E-state index contributed by atoms with van der Waals surface area (Å²) in [5, 5.41) is 3.49. The number of piperidine rings is 1. The van der Waals surface area contributed by atoms with Crippen LogP contribution in [0.2, 0.25) is 0 Å². The van der Waals surface area contributed by atoms with Gasteiger partial charge in [-0.1, -0.05) is 6.07 Å². The average molecular weight is 297 g/mol. The van der Waals surface area contributed by atoms with E-state index in [0.29, 0.717) is 19.1 Å². The second-order valence-corrected chi connectivity index (χ2v) is 7.52. The van der Waals surface area contributed by atoms with Crippen LogP contribution in [-0.4, -0.2) is 42.6 Å². The van der Waals surface area contributed by atoms with Crippen molar-refractivity contribution in [1.82, 2.24) is 14.6 Å². The Labute approximate surface area is 121 Å². The minimum absolute atomic E-state index is 0.195. The smallest absolute Gasteiger partial charge is 0.213 e. The minimum atomic E-state index is -3.02. The normalized spacial score (nSPS) is 18.3. The summed E-state index contributed by atoms with van der Waals surface area (Å²) in [6, 6.07) is 4.47. The number of nitrogens with zero attached hydrogens (tertiary/aromatic N) is 2. The Bertz CT molecular complexity index is 520. The summed E-state index contributed by atoms with van der Waals surface area (Å²) in [6.07, 6.45) is 3.63. The maximum absolute atomic E-state index is 11.8. The van der Waals surface area contributed by atoms with Gasteiger partial charge in [0.05, 0.1) is 5.75 Å². The lowest BCUT2D eigenvalue weighted by Gasteiger charge is -2.31. The van der Waals surface area contributed by atoms with Crippen molar-refractivity contribution in [3.63, 3.8) is 0 Å². The Hall–Kier alpha value is -0.980. The molecule has 5 nitrogen and oxygen atoms in total. The van der Waals surface area contributed by atoms with E-state index in [2.05, 4.69) is 16.4 Å². The average Bonchev–Trinajstić information content (AvgIpc) is 2.47. The topological polar surface area (TPSA) is 62.3 Å². The Kier molecular flexibility index (Phi) is 5.12. The molecule has 0 unspecified atom stereocenters. The van der Waals surface area contributed by atoms with Crippen molar-refractivity contribution in [1.29, 1.82) is 0 Å². The monoisotopic (exact) mass is 297 g/mol. The number of hydrogen-bond acceptors (Lipinski definition) is 4. The molecule has 0 aromatic carbocycles. The molecule has 2 rings (SSSR count). The molecule has 0 spiro atoms. The quantitative estimate of drug-likeness (QED) is 0.889. The highest BCUT2D eigenvalue weighted by Crippen LogP contribution is 2.15. The molecule has 0 bridgehead atoms. The lowest BCUT2D eigenvalue weighted by atomic mass is 10.1. The Balaban J connectivity index is 1.79. The van der Waals surface area contributed by atoms with Crippen molar-refractivity contribution in [2.24, 2.45) is 0 Å². The molecule has 20 heavy (non-hydrogen) atoms. The molecule has 0 radical (unpaired) electrons. The van der Waals surface area contributed by atoms with Gasteiger partial charge in [-0.05, 0) is 38.3 Å². The number of nitrogens with one attached hydrogen (secondary N) is 1. The fourth-order valence-electron chi connectivity index (χ4n) is 2.39. The van der Waals surface area contributed by atoms with E-state index in [1.807, 2.05) is 19.2 Å². The molecule has 0 amide bonds. The maximum atomic E-state index is 11.8. The molecule has 1 aliphatic rings. The van der Waals surface area contributed by atoms with E-state index in [1.165, 1.54) is 5.56 Å². The van der Waals surface area contributed by atoms with Crippen LogP contribution in [0.4, 0.5) is 0 Å². The fourth-order valence-corrected chi connectivity index (χ4v) is 3.52. The van der Waals surface area contributed by atoms with Gasteiger partial charge in [-0.3, -0.25) is 4.98 Å². The molecule has 1 aromatic rings. The van der Waals surface area contributed by atoms with Crippen molar-refractivity contribution < 1.29 is 8.42 Å². The molecule has 1 aliphatic heterocycles. The molecule has 6 heteroatoms. The van der Waals surface area contributed by atoms with Crippen LogP contribution >= 0.6 is 0 Å². The lowest BCUT2D eigenvalue weighted by Crippen LogP contribution is -2.45. The van der Waals surface area contributed by atoms with Gasteiger partial charge in [-0.15, -0.1) is 0 Å². The van der Waals surface area contributed by atoms with Crippen LogP contribution in [0.5, 0.6) is 0 Å². The highest BCUT2D eigenvalue weighted by molar-refractivity contribution is 7.89. The first-order chi connectivity index (χ1) is 9.51. The number of hydrogen-bond donors (Lipinski definition) is 1. The van der Waals surface area contributed by atoms with Crippen LogP contribution in [-0.2, 0) is 16.6 Å². The Morgan fingerprint density at radius 2 is 2.05 bits per heavy atom. The van der Waals surface area contributed by atoms with Gasteiger partial charge < -0.3 is 5.32 Å². The number of sulfonamides is 1. The Morgan fingerprint density at radius 1 is 1.35 bits per heavy atom. The standard InChI is InChI=1S/C14H23N3O2S/c1-3-20(18,19)17-8-6-14(7-9-17)16-11-13-5-4-12(2)15-10-13/h4-5,10,14,16H,3,6-9,11H2,1-2H3. The first kappa shape index (κ1) is 15.4. The van der Waals surface area contributed by atoms with Crippen LogP contribution < -0.4 is 5.32 Å². The van der Waals surface area contributed by atoms with E-state index in [4.69, 9.17) is 0 Å². The SMILES string of the molecule is CCS(=O)(=O)N1CCC(NCc2ccc(C)nc2)CC1. The zero-order valence-corrected chi connectivity index (χ0v) is 13.0. The summed E-state index contributed by atoms with van der Waals surface area (Å²) in [4.78, 5) is 4.27. The van der Waals surface area contributed by atoms with E-state index in [0.717, 1.165) is 25.1 Å². The lowest BCUT2D eigenvalue weighted by molar-refractivity contribution is 0.289. The van der Waals surface area contributed by atoms with Crippen LogP contribution in [0.15, 0.2) is 18.3 Å². The van der Waals surface area contributed by atoms with Crippen LogP contribution in [0.1, 0.15) is 31.0 Å². The third kappa shape index (κ3) is 4.01. The molecule has 112 valence electrons. The van der Waals surface area contributed by atoms with E-state index in [1.54, 1.807) is 11.2 Å². The van der Waals surface area contributed by atoms with Gasteiger partial charge in [0.15, 0.2) is 0 Å². The van der Waals surface area contributed by atoms with Crippen molar-refractivity contribution in [3.05, 3.63) is 29.6 Å². The summed E-state index contributed by atoms with van der Waals surface area (Å²) in [6.45, 7) is 5.71. The summed E-state index contributed by atoms with van der Waals surface area (Å²) in [7, 11) is -3.02. The molecule has 1 saturated heterocycles. The third-order valence-corrected chi connectivity index (χ3v) is 5.66. The molecule has 2 heterocycles. The number of pyridine rings is 1. The molecule has 0 saturated carbocycles. The first-order valence-electron chi connectivity index (χ1n) is 7.14. The van der Waals surface area contributed by atoms with E-state index >= 15 is 0 Å². The summed E-state index contributed by atoms with van der Waals surface area (Å²) >= 11 is 0. The molecule has 1 N–H and O–H groups in total. The summed E-state index contributed by atoms with van der Waals surface area (Å²) < 4.78 is 25.1. The molecular weight excluding hydrogens is 274 g/mol. The predicted octanol–water partition coefficient (Wildman–Crippen LogP) is 1.29. The summed E-state index contributed by atoms with van der Waals surface area (Å²) in [5.74, 6) is 0.195. The van der Waals surface area contributed by atoms with Gasteiger partial charge in [0.25, 0.3) is 0 Å². The molecule has 0 atom stereocenters. The van der Waals surface area contributed by atoms with E-state index < -0.39 is 10.0 Å². The highest BCUT2D eigenvalue weighted by Gasteiger charge is 2.26. The number of aromatic nitrogens is 1. The van der Waals surface area contributed by atoms with Crippen molar-refractivity contribution in [3.8, 4) is 0 Å². The van der Waals surface area contributed by atoms with Gasteiger partial charge in [0.1, 0.15) is 0 Å². The van der Waals surface area contributed by atoms with Crippen LogP contribution in [0.25, 0.3) is 0 Å². The Morgan fingerprint density at radius 3 is 2.60 bits per heavy atom. The third-order valence-electron chi connectivity index (χ3n) is 3.78. The van der Waals surface area contributed by atoms with Crippen LogP contribution in [0, 0.1) is 6.92 Å². The van der Waals surface area contributed by atoms with Gasteiger partial charge in [-0.2, -0.15) is 0 Å². The molecule has 1 aromatic heterocycles. The predicted molar refractivity (Wildman–Crippen MR) is 79.9 cm³/mol. The number of aryl methyl sites for hydroxylation is 1. The van der Waals surface area contributed by atoms with Crippen LogP contribution in [0.3, 0.4) is 0 Å². The van der Waals surface area contributed by atoms with Crippen molar-refractivity contribution in [2.45, 2.75) is 39.3 Å². The number of rotatable bonds is 5. The van der Waals surface area contributed by atoms with Gasteiger partial charge in [0, 0.05) is 37.6 Å². The van der Waals surface area contributed by atoms with E-state index in [9.17, 15) is 8.42 Å². The first-order valence-corrected chi connectivity index (χ1v) is 8.75. The van der Waals surface area contributed by atoms with Crippen molar-refractivity contribution in [2.75, 3.05) is 18.8 Å². The largest absolute Gasteiger partial charge is 0.310 e. The zero-order valence-electron chi connectivity index (χ0n) is 12.2. The zero-order chi connectivity index (χ0) is 14.6. The molecular formula is C14H23N3O2S. The van der Waals surface area contributed by atoms with E-state index in [-0.39, 0.29) is 5.75 Å². The fraction of sp³-hybridized carbons (Fsp3) is 0.643. The van der Waals surface area contributed by atoms with Gasteiger partial charge >= 0.3 is 0 Å².